The zero-order valence-corrected chi connectivity index (χ0v) is 23.9. The van der Waals surface area contributed by atoms with Crippen LogP contribution >= 0.6 is 0 Å². The quantitative estimate of drug-likeness (QED) is 0.124. The van der Waals surface area contributed by atoms with Crippen molar-refractivity contribution in [1.82, 2.24) is 4.90 Å². The van der Waals surface area contributed by atoms with Crippen LogP contribution in [0.1, 0.15) is 39.5 Å². The molecule has 2 aliphatic rings. The first-order valence-corrected chi connectivity index (χ1v) is 14.2. The molecule has 7 N–H and O–H groups in total. The number of hydrogen-bond donors (Lipinski definition) is 7. The molecule has 3 rings (SSSR count). The highest BCUT2D eigenvalue weighted by molar-refractivity contribution is 5.90. The summed E-state index contributed by atoms with van der Waals surface area (Å²) in [6.07, 6.45) is -11.1. The largest absolute Gasteiger partial charge is 0.388 e. The van der Waals surface area contributed by atoms with Crippen molar-refractivity contribution in [2.75, 3.05) is 31.6 Å². The number of unbranched alkanes of at least 4 members (excludes halogenated alkanes) is 1. The Morgan fingerprint density at radius 3 is 1.71 bits per heavy atom. The molecule has 14 nitrogen and oxygen atoms in total. The first kappa shape index (κ1) is 34.3. The van der Waals surface area contributed by atoms with Gasteiger partial charge >= 0.3 is 0 Å². The lowest BCUT2D eigenvalue weighted by Crippen LogP contribution is -2.57. The zero-order valence-electron chi connectivity index (χ0n) is 23.9. The van der Waals surface area contributed by atoms with Gasteiger partial charge in [-0.15, -0.1) is 0 Å². The monoisotopic (exact) mass is 600 g/mol. The SMILES string of the molecule is C[C@@H]1O[C@@H](OCCN(CCO[C@@H]2O[C@@H](C)[C@@H](O)[C@@H](O)[C@@H]2O)C(=O)CCCCC(=O)Nc2ccccc2)[C@@H](O)[C@H](O)[C@@H]1O. The molecule has 1 aromatic carbocycles. The maximum Gasteiger partial charge on any atom is 0.224 e. The van der Waals surface area contributed by atoms with Gasteiger partial charge in [-0.1, -0.05) is 18.2 Å². The normalized spacial score (nSPS) is 33.2. The number of para-hydroxylation sites is 1. The van der Waals surface area contributed by atoms with Crippen molar-refractivity contribution in [2.24, 2.45) is 0 Å². The third-order valence-corrected chi connectivity index (χ3v) is 7.36. The Labute approximate surface area is 244 Å². The molecule has 42 heavy (non-hydrogen) atoms. The van der Waals surface area contributed by atoms with E-state index < -0.39 is 61.4 Å². The summed E-state index contributed by atoms with van der Waals surface area (Å²) in [6.45, 7) is 3.02. The fraction of sp³-hybridized carbons (Fsp3) is 0.714. The molecule has 0 saturated carbocycles. The fourth-order valence-electron chi connectivity index (χ4n) is 4.69. The van der Waals surface area contributed by atoms with Crippen LogP contribution in [-0.4, -0.2) is 135 Å². The van der Waals surface area contributed by atoms with Gasteiger partial charge in [-0.25, -0.2) is 0 Å². The number of anilines is 1. The molecule has 0 aromatic heterocycles. The maximum atomic E-state index is 13.1. The van der Waals surface area contributed by atoms with Gasteiger partial charge in [0, 0.05) is 31.6 Å². The van der Waals surface area contributed by atoms with Gasteiger partial charge in [-0.2, -0.15) is 0 Å². The second kappa shape index (κ2) is 16.6. The number of hydrogen-bond acceptors (Lipinski definition) is 12. The summed E-state index contributed by atoms with van der Waals surface area (Å²) >= 11 is 0. The van der Waals surface area contributed by atoms with E-state index in [0.29, 0.717) is 18.5 Å². The molecule has 2 aliphatic heterocycles. The second-order valence-electron chi connectivity index (χ2n) is 10.6. The van der Waals surface area contributed by atoms with Crippen molar-refractivity contribution in [3.8, 4) is 0 Å². The number of nitrogens with one attached hydrogen (secondary N) is 1. The topological polar surface area (TPSA) is 208 Å². The summed E-state index contributed by atoms with van der Waals surface area (Å²) in [4.78, 5) is 26.7. The van der Waals surface area contributed by atoms with E-state index in [1.54, 1.807) is 12.1 Å². The minimum absolute atomic E-state index is 0.0577. The first-order valence-electron chi connectivity index (χ1n) is 14.2. The van der Waals surface area contributed by atoms with Crippen LogP contribution in [-0.2, 0) is 28.5 Å². The average Bonchev–Trinajstić information content (AvgIpc) is 2.97. The second-order valence-corrected chi connectivity index (χ2v) is 10.6. The van der Waals surface area contributed by atoms with E-state index in [4.69, 9.17) is 18.9 Å². The van der Waals surface area contributed by atoms with Crippen molar-refractivity contribution in [3.63, 3.8) is 0 Å². The number of nitrogens with zero attached hydrogens (tertiary/aromatic N) is 1. The van der Waals surface area contributed by atoms with Crippen molar-refractivity contribution in [3.05, 3.63) is 30.3 Å². The average molecular weight is 601 g/mol. The molecule has 2 amide bonds. The summed E-state index contributed by atoms with van der Waals surface area (Å²) in [6, 6.07) is 9.05. The number of aliphatic hydroxyl groups excluding tert-OH is 6. The molecule has 0 unspecified atom stereocenters. The number of aliphatic hydroxyl groups is 6. The van der Waals surface area contributed by atoms with Crippen LogP contribution in [0.4, 0.5) is 5.69 Å². The summed E-state index contributed by atoms with van der Waals surface area (Å²) < 4.78 is 22.0. The Morgan fingerprint density at radius 2 is 1.21 bits per heavy atom. The van der Waals surface area contributed by atoms with Gasteiger partial charge in [0.05, 0.1) is 25.4 Å². The Kier molecular flexibility index (Phi) is 13.5. The number of rotatable bonds is 14. The molecule has 0 radical (unpaired) electrons. The Morgan fingerprint density at radius 1 is 0.738 bits per heavy atom. The molecule has 10 atom stereocenters. The number of amides is 2. The Balaban J connectivity index is 1.49. The molecule has 14 heteroatoms. The van der Waals surface area contributed by atoms with Gasteiger partial charge in [0.2, 0.25) is 11.8 Å². The van der Waals surface area contributed by atoms with Gasteiger partial charge in [0.15, 0.2) is 12.6 Å². The molecular formula is C28H44N2O12. The van der Waals surface area contributed by atoms with Gasteiger partial charge < -0.3 is 59.8 Å². The molecule has 0 aliphatic carbocycles. The summed E-state index contributed by atoms with van der Waals surface area (Å²) in [5, 5.41) is 62.9. The van der Waals surface area contributed by atoms with Crippen molar-refractivity contribution < 1.29 is 59.2 Å². The van der Waals surface area contributed by atoms with E-state index in [-0.39, 0.29) is 51.0 Å². The van der Waals surface area contributed by atoms with Gasteiger partial charge in [-0.05, 0) is 38.8 Å². The van der Waals surface area contributed by atoms with Gasteiger partial charge in [0.1, 0.15) is 36.6 Å². The number of benzene rings is 1. The minimum atomic E-state index is -1.49. The van der Waals surface area contributed by atoms with Crippen LogP contribution in [0.3, 0.4) is 0 Å². The first-order chi connectivity index (χ1) is 20.0. The van der Waals surface area contributed by atoms with Crippen LogP contribution in [0, 0.1) is 0 Å². The molecular weight excluding hydrogens is 556 g/mol. The van der Waals surface area contributed by atoms with Gasteiger partial charge in [-0.3, -0.25) is 9.59 Å². The molecule has 238 valence electrons. The molecule has 0 spiro atoms. The highest BCUT2D eigenvalue weighted by Gasteiger charge is 2.43. The van der Waals surface area contributed by atoms with E-state index in [9.17, 15) is 40.2 Å². The Bertz CT molecular complexity index is 931. The highest BCUT2D eigenvalue weighted by atomic mass is 16.7. The molecule has 1 aromatic rings. The molecule has 0 bridgehead atoms. The molecule has 2 saturated heterocycles. The van der Waals surface area contributed by atoms with Crippen molar-refractivity contribution in [2.45, 2.75) is 101 Å². The van der Waals surface area contributed by atoms with Crippen molar-refractivity contribution >= 4 is 17.5 Å². The number of carbonyl (C=O) groups excluding carboxylic acids is 2. The molecule has 2 heterocycles. The van der Waals surface area contributed by atoms with Crippen LogP contribution in [0.2, 0.25) is 0 Å². The Hall–Kier alpha value is -2.24. The third-order valence-electron chi connectivity index (χ3n) is 7.36. The predicted molar refractivity (Wildman–Crippen MR) is 147 cm³/mol. The fourth-order valence-corrected chi connectivity index (χ4v) is 4.69. The van der Waals surface area contributed by atoms with E-state index in [2.05, 4.69) is 5.32 Å². The standard InChI is InChI=1S/C28H44N2O12/c1-16-21(33)23(35)25(37)27(41-16)39-14-12-30(13-15-40-28-26(38)24(36)22(34)17(2)42-28)20(32)11-7-6-10-19(31)29-18-8-4-3-5-9-18/h3-5,8-9,16-17,21-28,33-38H,6-7,10-15H2,1-2H3,(H,29,31)/t16-,17-,21+,22+,23+,24+,25-,26-,27+,28+/m0/s1. The summed E-state index contributed by atoms with van der Waals surface area (Å²) in [5.41, 5.74) is 0.691. The predicted octanol–water partition coefficient (Wildman–Crippen LogP) is -1.30. The smallest absolute Gasteiger partial charge is 0.224 e. The van der Waals surface area contributed by atoms with E-state index >= 15 is 0 Å². The lowest BCUT2D eigenvalue weighted by atomic mass is 10.0. The van der Waals surface area contributed by atoms with Crippen LogP contribution in [0.5, 0.6) is 0 Å². The minimum Gasteiger partial charge on any atom is -0.388 e. The lowest BCUT2D eigenvalue weighted by molar-refractivity contribution is -0.295. The van der Waals surface area contributed by atoms with Crippen molar-refractivity contribution in [1.29, 1.82) is 0 Å². The van der Waals surface area contributed by atoms with E-state index in [1.165, 1.54) is 18.7 Å². The number of carbonyl (C=O) groups is 2. The van der Waals surface area contributed by atoms with E-state index in [0.717, 1.165) is 0 Å². The molecule has 2 fully saturated rings. The van der Waals surface area contributed by atoms with Crippen LogP contribution in [0.15, 0.2) is 30.3 Å². The summed E-state index contributed by atoms with van der Waals surface area (Å²) in [7, 11) is 0. The van der Waals surface area contributed by atoms with Crippen LogP contribution < -0.4 is 5.32 Å². The highest BCUT2D eigenvalue weighted by Crippen LogP contribution is 2.23. The third kappa shape index (κ3) is 9.64. The summed E-state index contributed by atoms with van der Waals surface area (Å²) in [5.74, 6) is -0.416. The maximum absolute atomic E-state index is 13.1. The lowest BCUT2D eigenvalue weighted by Gasteiger charge is -2.39. The zero-order chi connectivity index (χ0) is 30.8. The van der Waals surface area contributed by atoms with Gasteiger partial charge in [0.25, 0.3) is 0 Å². The van der Waals surface area contributed by atoms with Crippen LogP contribution in [0.25, 0.3) is 0 Å². The number of ether oxygens (including phenoxy) is 4. The van der Waals surface area contributed by atoms with E-state index in [1.807, 2.05) is 18.2 Å².